The molecule has 0 spiro atoms. The lowest BCUT2D eigenvalue weighted by Crippen LogP contribution is -2.07. The molecule has 24 heavy (non-hydrogen) atoms. The van der Waals surface area contributed by atoms with Gasteiger partial charge >= 0.3 is 0 Å². The molecule has 0 amide bonds. The first kappa shape index (κ1) is 20.5. The van der Waals surface area contributed by atoms with Crippen molar-refractivity contribution in [3.8, 4) is 0 Å². The van der Waals surface area contributed by atoms with Crippen LogP contribution < -0.4 is 16.4 Å². The van der Waals surface area contributed by atoms with Crippen molar-refractivity contribution < 1.29 is 0 Å². The van der Waals surface area contributed by atoms with Gasteiger partial charge in [-0.15, -0.1) is 12.4 Å². The van der Waals surface area contributed by atoms with Crippen LogP contribution in [0.2, 0.25) is 5.02 Å². The molecule has 0 radical (unpaired) electrons. The predicted molar refractivity (Wildman–Crippen MR) is 105 cm³/mol. The van der Waals surface area contributed by atoms with E-state index in [2.05, 4.69) is 20.6 Å². The van der Waals surface area contributed by atoms with Crippen molar-refractivity contribution in [1.82, 2.24) is 9.97 Å². The van der Waals surface area contributed by atoms with Crippen molar-refractivity contribution >= 4 is 41.5 Å². The molecule has 0 saturated carbocycles. The Hall–Kier alpha value is -1.56. The number of hydrogen-bond donors (Lipinski definition) is 3. The summed E-state index contributed by atoms with van der Waals surface area (Å²) in [6.45, 7) is 3.64. The highest BCUT2D eigenvalue weighted by Crippen LogP contribution is 2.18. The number of benzene rings is 1. The van der Waals surface area contributed by atoms with Crippen LogP contribution >= 0.6 is 24.0 Å². The number of aromatic nitrogens is 2. The zero-order valence-corrected chi connectivity index (χ0v) is 15.5. The fourth-order valence-corrected chi connectivity index (χ4v) is 2.34. The third-order valence-corrected chi connectivity index (χ3v) is 3.64. The van der Waals surface area contributed by atoms with Gasteiger partial charge in [-0.05, 0) is 50.6 Å². The van der Waals surface area contributed by atoms with Crippen LogP contribution in [0, 0.1) is 6.92 Å². The minimum absolute atomic E-state index is 0. The maximum absolute atomic E-state index is 5.89. The number of anilines is 3. The first-order valence-corrected chi connectivity index (χ1v) is 8.37. The Bertz CT molecular complexity index is 604. The fraction of sp³-hybridized carbons (Fsp3) is 0.412. The fourth-order valence-electron chi connectivity index (χ4n) is 2.22. The molecule has 2 rings (SSSR count). The lowest BCUT2D eigenvalue weighted by atomic mass is 10.2. The van der Waals surface area contributed by atoms with E-state index in [0.717, 1.165) is 43.1 Å². The number of nitrogens with two attached hydrogens (primary N) is 1. The number of nitrogens with zero attached hydrogens (tertiary/aromatic N) is 2. The molecule has 0 aliphatic rings. The molecular weight excluding hydrogens is 345 g/mol. The number of rotatable bonds is 9. The van der Waals surface area contributed by atoms with E-state index in [1.165, 1.54) is 12.8 Å². The van der Waals surface area contributed by atoms with E-state index in [-0.39, 0.29) is 12.4 Å². The molecule has 1 heterocycles. The first-order chi connectivity index (χ1) is 11.2. The van der Waals surface area contributed by atoms with Crippen LogP contribution in [0.1, 0.15) is 31.4 Å². The van der Waals surface area contributed by atoms with Gasteiger partial charge in [-0.2, -0.15) is 4.98 Å². The van der Waals surface area contributed by atoms with E-state index in [0.29, 0.717) is 11.0 Å². The van der Waals surface area contributed by atoms with Gasteiger partial charge in [0.1, 0.15) is 5.82 Å². The molecule has 7 heteroatoms. The van der Waals surface area contributed by atoms with Crippen molar-refractivity contribution in [3.63, 3.8) is 0 Å². The predicted octanol–water partition coefficient (Wildman–Crippen LogP) is 4.53. The van der Waals surface area contributed by atoms with E-state index in [4.69, 9.17) is 17.3 Å². The third-order valence-electron chi connectivity index (χ3n) is 3.39. The summed E-state index contributed by atoms with van der Waals surface area (Å²) < 4.78 is 0. The second-order valence-electron chi connectivity index (χ2n) is 5.48. The summed E-state index contributed by atoms with van der Waals surface area (Å²) in [7, 11) is 0. The van der Waals surface area contributed by atoms with Crippen LogP contribution in [-0.4, -0.2) is 23.1 Å². The number of nitrogens with one attached hydrogen (secondary N) is 2. The van der Waals surface area contributed by atoms with Crippen LogP contribution in [0.4, 0.5) is 17.5 Å². The zero-order valence-electron chi connectivity index (χ0n) is 13.9. The summed E-state index contributed by atoms with van der Waals surface area (Å²) >= 11 is 5.89. The molecule has 0 aliphatic carbocycles. The Morgan fingerprint density at radius 2 is 1.75 bits per heavy atom. The molecule has 4 N–H and O–H groups in total. The molecule has 0 saturated heterocycles. The van der Waals surface area contributed by atoms with Gasteiger partial charge in [0.25, 0.3) is 0 Å². The molecule has 5 nitrogen and oxygen atoms in total. The van der Waals surface area contributed by atoms with Crippen molar-refractivity contribution in [2.24, 2.45) is 5.73 Å². The van der Waals surface area contributed by atoms with E-state index in [9.17, 15) is 0 Å². The standard InChI is InChI=1S/C17H24ClN5.ClH/c1-13-12-16(20-11-5-3-2-4-10-19)23-17(21-13)22-15-8-6-14(18)7-9-15;/h6-9,12H,2-5,10-11,19H2,1H3,(H2,20,21,22,23);1H. The molecule has 0 aliphatic heterocycles. The Balaban J connectivity index is 0.00000288. The van der Waals surface area contributed by atoms with Crippen molar-refractivity contribution in [1.29, 1.82) is 0 Å². The van der Waals surface area contributed by atoms with Gasteiger partial charge < -0.3 is 16.4 Å². The van der Waals surface area contributed by atoms with Gasteiger partial charge in [0.15, 0.2) is 0 Å². The summed E-state index contributed by atoms with van der Waals surface area (Å²) in [5, 5.41) is 7.26. The van der Waals surface area contributed by atoms with Crippen molar-refractivity contribution in [2.75, 3.05) is 23.7 Å². The largest absolute Gasteiger partial charge is 0.370 e. The van der Waals surface area contributed by atoms with Gasteiger partial charge in [0, 0.05) is 29.0 Å². The SMILES string of the molecule is Cc1cc(NCCCCCCN)nc(Nc2ccc(Cl)cc2)n1.Cl. The maximum atomic E-state index is 5.89. The van der Waals surface area contributed by atoms with Crippen LogP contribution in [0.15, 0.2) is 30.3 Å². The Labute approximate surface area is 154 Å². The van der Waals surface area contributed by atoms with E-state index < -0.39 is 0 Å². The zero-order chi connectivity index (χ0) is 16.5. The first-order valence-electron chi connectivity index (χ1n) is 7.99. The molecule has 0 atom stereocenters. The smallest absolute Gasteiger partial charge is 0.229 e. The molecule has 132 valence electrons. The van der Waals surface area contributed by atoms with Crippen LogP contribution in [0.3, 0.4) is 0 Å². The van der Waals surface area contributed by atoms with Gasteiger partial charge in [-0.25, -0.2) is 4.98 Å². The lowest BCUT2D eigenvalue weighted by Gasteiger charge is -2.10. The monoisotopic (exact) mass is 369 g/mol. The number of unbranched alkanes of at least 4 members (excludes halogenated alkanes) is 3. The number of halogens is 2. The lowest BCUT2D eigenvalue weighted by molar-refractivity contribution is 0.661. The highest BCUT2D eigenvalue weighted by Gasteiger charge is 2.03. The Kier molecular flexibility index (Phi) is 9.45. The molecular formula is C17H25Cl2N5. The number of hydrogen-bond acceptors (Lipinski definition) is 5. The van der Waals surface area contributed by atoms with Crippen LogP contribution in [0.5, 0.6) is 0 Å². The summed E-state index contributed by atoms with van der Waals surface area (Å²) in [6, 6.07) is 9.42. The topological polar surface area (TPSA) is 75.9 Å². The highest BCUT2D eigenvalue weighted by molar-refractivity contribution is 6.30. The van der Waals surface area contributed by atoms with Crippen LogP contribution in [-0.2, 0) is 0 Å². The maximum Gasteiger partial charge on any atom is 0.229 e. The second-order valence-corrected chi connectivity index (χ2v) is 5.92. The van der Waals surface area contributed by atoms with Gasteiger partial charge in [-0.1, -0.05) is 24.4 Å². The minimum atomic E-state index is 0. The quantitative estimate of drug-likeness (QED) is 0.565. The Morgan fingerprint density at radius 3 is 2.46 bits per heavy atom. The molecule has 0 unspecified atom stereocenters. The summed E-state index contributed by atoms with van der Waals surface area (Å²) in [4.78, 5) is 8.91. The average molecular weight is 370 g/mol. The summed E-state index contributed by atoms with van der Waals surface area (Å²) in [5.41, 5.74) is 7.32. The Morgan fingerprint density at radius 1 is 1.04 bits per heavy atom. The van der Waals surface area contributed by atoms with E-state index in [1.807, 2.05) is 37.3 Å². The third kappa shape index (κ3) is 7.34. The van der Waals surface area contributed by atoms with Gasteiger partial charge in [0.05, 0.1) is 0 Å². The minimum Gasteiger partial charge on any atom is -0.370 e. The molecule has 1 aromatic carbocycles. The second kappa shape index (κ2) is 11.1. The summed E-state index contributed by atoms with van der Waals surface area (Å²) in [6.07, 6.45) is 4.58. The van der Waals surface area contributed by atoms with E-state index in [1.54, 1.807) is 0 Å². The molecule has 1 aromatic heterocycles. The highest BCUT2D eigenvalue weighted by atomic mass is 35.5. The van der Waals surface area contributed by atoms with Gasteiger partial charge in [0.2, 0.25) is 5.95 Å². The average Bonchev–Trinajstić information content (AvgIpc) is 2.52. The van der Waals surface area contributed by atoms with Gasteiger partial charge in [-0.3, -0.25) is 0 Å². The van der Waals surface area contributed by atoms with Crippen LogP contribution in [0.25, 0.3) is 0 Å². The normalized spacial score (nSPS) is 10.1. The van der Waals surface area contributed by atoms with Crippen molar-refractivity contribution in [3.05, 3.63) is 41.0 Å². The molecule has 2 aromatic rings. The number of aryl methyl sites for hydroxylation is 1. The molecule has 0 fully saturated rings. The van der Waals surface area contributed by atoms with E-state index >= 15 is 0 Å². The van der Waals surface area contributed by atoms with Crippen molar-refractivity contribution in [2.45, 2.75) is 32.6 Å². The summed E-state index contributed by atoms with van der Waals surface area (Å²) in [5.74, 6) is 1.42. The molecule has 0 bridgehead atoms.